The highest BCUT2D eigenvalue weighted by Gasteiger charge is 2.24. The lowest BCUT2D eigenvalue weighted by Gasteiger charge is -2.21. The molecule has 1 unspecified atom stereocenters. The Hall–Kier alpha value is -1.93. The Morgan fingerprint density at radius 2 is 1.41 bits per heavy atom. The van der Waals surface area contributed by atoms with E-state index in [1.165, 1.54) is 5.39 Å². The molecule has 22 heavy (non-hydrogen) atoms. The number of hydrogen-bond donors (Lipinski definition) is 0. The maximum atomic E-state index is 13.0. The minimum atomic E-state index is -1.07. The molecule has 1 atom stereocenters. The largest absolute Gasteiger partial charge is 0.254 e. The summed E-state index contributed by atoms with van der Waals surface area (Å²) < 4.78 is 12.7. The van der Waals surface area contributed by atoms with Gasteiger partial charge in [-0.25, -0.2) is 0 Å². The summed E-state index contributed by atoms with van der Waals surface area (Å²) in [5, 5.41) is 2.33. The van der Waals surface area contributed by atoms with E-state index in [4.69, 9.17) is 0 Å². The van der Waals surface area contributed by atoms with Gasteiger partial charge in [0, 0.05) is 15.2 Å². The van der Waals surface area contributed by atoms with E-state index >= 15 is 0 Å². The lowest BCUT2D eigenvalue weighted by molar-refractivity contribution is 0.649. The van der Waals surface area contributed by atoms with Gasteiger partial charge >= 0.3 is 0 Å². The van der Waals surface area contributed by atoms with Crippen LogP contribution in [0.3, 0.4) is 0 Å². The first-order chi connectivity index (χ1) is 10.5. The Labute approximate surface area is 134 Å². The second-order valence-corrected chi connectivity index (χ2v) is 8.61. The third-order valence-electron chi connectivity index (χ3n) is 3.71. The van der Waals surface area contributed by atoms with Crippen molar-refractivity contribution < 1.29 is 4.21 Å². The fourth-order valence-electron chi connectivity index (χ4n) is 2.64. The molecule has 0 heterocycles. The molecule has 3 aromatic carbocycles. The molecule has 3 aromatic rings. The summed E-state index contributed by atoms with van der Waals surface area (Å²) in [5.74, 6) is 0. The molecule has 2 heteroatoms. The van der Waals surface area contributed by atoms with Gasteiger partial charge < -0.3 is 0 Å². The Balaban J connectivity index is 2.36. The average Bonchev–Trinajstić information content (AvgIpc) is 2.53. The van der Waals surface area contributed by atoms with Gasteiger partial charge in [0.25, 0.3) is 0 Å². The van der Waals surface area contributed by atoms with Crippen molar-refractivity contribution in [2.45, 2.75) is 30.4 Å². The van der Waals surface area contributed by atoms with Crippen LogP contribution in [0.5, 0.6) is 0 Å². The average molecular weight is 308 g/mol. The fraction of sp³-hybridized carbons (Fsp3) is 0.200. The van der Waals surface area contributed by atoms with E-state index in [0.29, 0.717) is 0 Å². The van der Waals surface area contributed by atoms with Crippen LogP contribution in [0.4, 0.5) is 0 Å². The molecule has 0 N–H and O–H groups in total. The second kappa shape index (κ2) is 5.69. The van der Waals surface area contributed by atoms with Gasteiger partial charge in [-0.2, -0.15) is 0 Å². The summed E-state index contributed by atoms with van der Waals surface area (Å²) in [4.78, 5) is 0.914. The van der Waals surface area contributed by atoms with E-state index in [1.54, 1.807) is 0 Å². The van der Waals surface area contributed by atoms with E-state index in [9.17, 15) is 4.21 Å². The van der Waals surface area contributed by atoms with Crippen molar-refractivity contribution in [3.05, 3.63) is 66.7 Å². The topological polar surface area (TPSA) is 17.1 Å². The Kier molecular flexibility index (Phi) is 3.88. The first kappa shape index (κ1) is 15.0. The smallest absolute Gasteiger partial charge is 0.0590 e. The highest BCUT2D eigenvalue weighted by Crippen LogP contribution is 2.36. The molecular formula is C20H20OS. The molecule has 0 amide bonds. The summed E-state index contributed by atoms with van der Waals surface area (Å²) in [6, 6.07) is 22.6. The predicted octanol–water partition coefficient (Wildman–Crippen LogP) is 5.41. The van der Waals surface area contributed by atoms with Gasteiger partial charge in [-0.1, -0.05) is 60.7 Å². The molecule has 0 saturated carbocycles. The molecule has 0 aromatic heterocycles. The van der Waals surface area contributed by atoms with Crippen molar-refractivity contribution in [1.29, 1.82) is 0 Å². The molecule has 0 spiro atoms. The maximum Gasteiger partial charge on any atom is 0.0590 e. The monoisotopic (exact) mass is 308 g/mol. The Morgan fingerprint density at radius 1 is 0.773 bits per heavy atom. The van der Waals surface area contributed by atoms with Crippen LogP contribution in [0.1, 0.15) is 20.8 Å². The van der Waals surface area contributed by atoms with Crippen LogP contribution in [0.15, 0.2) is 71.6 Å². The lowest BCUT2D eigenvalue weighted by atomic mass is 9.98. The summed E-state index contributed by atoms with van der Waals surface area (Å²) in [5.41, 5.74) is 2.21. The van der Waals surface area contributed by atoms with Crippen molar-refractivity contribution in [1.82, 2.24) is 0 Å². The molecule has 0 aliphatic rings. The number of fused-ring (bicyclic) bond motifs is 1. The summed E-state index contributed by atoms with van der Waals surface area (Å²) in [6.07, 6.45) is 0. The number of hydrogen-bond acceptors (Lipinski definition) is 1. The van der Waals surface area contributed by atoms with Crippen LogP contribution in [-0.4, -0.2) is 8.96 Å². The third-order valence-corrected chi connectivity index (χ3v) is 5.56. The molecule has 1 nitrogen and oxygen atoms in total. The predicted molar refractivity (Wildman–Crippen MR) is 95.5 cm³/mol. The van der Waals surface area contributed by atoms with Crippen molar-refractivity contribution in [2.75, 3.05) is 0 Å². The molecule has 3 rings (SSSR count). The van der Waals surface area contributed by atoms with E-state index in [-0.39, 0.29) is 4.75 Å². The molecular weight excluding hydrogens is 288 g/mol. The maximum absolute atomic E-state index is 13.0. The van der Waals surface area contributed by atoms with E-state index in [0.717, 1.165) is 21.4 Å². The van der Waals surface area contributed by atoms with Crippen molar-refractivity contribution >= 4 is 21.6 Å². The number of rotatable bonds is 2. The van der Waals surface area contributed by atoms with Gasteiger partial charge in [0.15, 0.2) is 0 Å². The standard InChI is InChI=1S/C20H20OS/c1-20(2,3)22(21)18-14-13-15-9-7-8-12-17(15)19(18)16-10-5-4-6-11-16/h4-14H,1-3H3. The van der Waals surface area contributed by atoms with Crippen LogP contribution >= 0.6 is 0 Å². The molecule has 0 bridgehead atoms. The number of benzene rings is 3. The van der Waals surface area contributed by atoms with E-state index < -0.39 is 10.8 Å². The molecule has 0 aliphatic carbocycles. The van der Waals surface area contributed by atoms with Crippen molar-refractivity contribution in [3.63, 3.8) is 0 Å². The highest BCUT2D eigenvalue weighted by molar-refractivity contribution is 7.86. The quantitative estimate of drug-likeness (QED) is 0.618. The summed E-state index contributed by atoms with van der Waals surface area (Å²) in [7, 11) is -1.07. The van der Waals surface area contributed by atoms with Crippen LogP contribution < -0.4 is 0 Å². The van der Waals surface area contributed by atoms with Gasteiger partial charge in [0.05, 0.1) is 10.8 Å². The van der Waals surface area contributed by atoms with Crippen molar-refractivity contribution in [2.24, 2.45) is 0 Å². The van der Waals surface area contributed by atoms with Crippen molar-refractivity contribution in [3.8, 4) is 11.1 Å². The zero-order valence-corrected chi connectivity index (χ0v) is 14.0. The van der Waals surface area contributed by atoms with E-state index in [2.05, 4.69) is 30.3 Å². The molecule has 112 valence electrons. The van der Waals surface area contributed by atoms with Gasteiger partial charge in [0.2, 0.25) is 0 Å². The normalized spacial score (nSPS) is 13.2. The zero-order chi connectivity index (χ0) is 15.7. The van der Waals surface area contributed by atoms with Crippen LogP contribution in [0.2, 0.25) is 0 Å². The van der Waals surface area contributed by atoms with Gasteiger partial charge in [0.1, 0.15) is 0 Å². The molecule has 0 radical (unpaired) electrons. The first-order valence-corrected chi connectivity index (χ1v) is 8.62. The Bertz CT molecular complexity index is 829. The summed E-state index contributed by atoms with van der Waals surface area (Å²) >= 11 is 0. The Morgan fingerprint density at radius 3 is 2.09 bits per heavy atom. The van der Waals surface area contributed by atoms with Crippen LogP contribution in [-0.2, 0) is 10.8 Å². The van der Waals surface area contributed by atoms with E-state index in [1.807, 2.05) is 57.2 Å². The van der Waals surface area contributed by atoms with Gasteiger partial charge in [-0.05, 0) is 43.2 Å². The second-order valence-electron chi connectivity index (χ2n) is 6.41. The third kappa shape index (κ3) is 2.71. The minimum absolute atomic E-state index is 0.286. The van der Waals surface area contributed by atoms with Gasteiger partial charge in [-0.15, -0.1) is 0 Å². The summed E-state index contributed by atoms with van der Waals surface area (Å²) in [6.45, 7) is 6.06. The first-order valence-electron chi connectivity index (χ1n) is 7.47. The lowest BCUT2D eigenvalue weighted by Crippen LogP contribution is -2.22. The molecule has 0 fully saturated rings. The van der Waals surface area contributed by atoms with Gasteiger partial charge in [-0.3, -0.25) is 4.21 Å². The van der Waals surface area contributed by atoms with Crippen LogP contribution in [0.25, 0.3) is 21.9 Å². The molecule has 0 saturated heterocycles. The molecule has 0 aliphatic heterocycles. The minimum Gasteiger partial charge on any atom is -0.254 e. The fourth-order valence-corrected chi connectivity index (χ4v) is 3.90. The highest BCUT2D eigenvalue weighted by atomic mass is 32.2. The SMILES string of the molecule is CC(C)(C)S(=O)c1ccc2ccccc2c1-c1ccccc1. The zero-order valence-electron chi connectivity index (χ0n) is 13.2. The van der Waals surface area contributed by atoms with Crippen LogP contribution in [0, 0.1) is 0 Å².